The highest BCUT2D eigenvalue weighted by Crippen LogP contribution is 2.27. The quantitative estimate of drug-likeness (QED) is 0.883. The Hall–Kier alpha value is -1.95. The molecule has 1 atom stereocenters. The van der Waals surface area contributed by atoms with Gasteiger partial charge in [0.05, 0.1) is 0 Å². The molecular formula is C15H16FNO3S. The summed E-state index contributed by atoms with van der Waals surface area (Å²) in [7, 11) is 0. The molecule has 0 aliphatic carbocycles. The minimum absolute atomic E-state index is 0.0223. The van der Waals surface area contributed by atoms with Crippen LogP contribution in [-0.2, 0) is 9.53 Å². The zero-order chi connectivity index (χ0) is 15.6. The van der Waals surface area contributed by atoms with E-state index in [1.54, 1.807) is 12.1 Å². The van der Waals surface area contributed by atoms with Crippen LogP contribution in [0.1, 0.15) is 30.4 Å². The molecule has 1 aromatic carbocycles. The molecule has 0 saturated heterocycles. The van der Waals surface area contributed by atoms with Crippen LogP contribution in [0.2, 0.25) is 0 Å². The van der Waals surface area contributed by atoms with E-state index < -0.39 is 12.1 Å². The Morgan fingerprint density at radius 2 is 1.95 bits per heavy atom. The Morgan fingerprint density at radius 1 is 1.24 bits per heavy atom. The number of halogens is 1. The molecule has 4 nitrogen and oxygen atoms in total. The molecule has 1 N–H and O–H groups in total. The van der Waals surface area contributed by atoms with Crippen molar-refractivity contribution in [1.82, 2.24) is 5.32 Å². The Bertz CT molecular complexity index is 681. The lowest BCUT2D eigenvalue weighted by Gasteiger charge is -2.14. The van der Waals surface area contributed by atoms with E-state index in [1.165, 1.54) is 30.4 Å². The number of hydrogen-bond acceptors (Lipinski definition) is 4. The third kappa shape index (κ3) is 3.78. The largest absolute Gasteiger partial charge is 0.448 e. The Balaban J connectivity index is 2.09. The maximum atomic E-state index is 13.1. The molecule has 0 bridgehead atoms. The molecule has 2 rings (SSSR count). The van der Waals surface area contributed by atoms with Crippen LogP contribution in [-0.4, -0.2) is 24.0 Å². The van der Waals surface area contributed by atoms with Crippen LogP contribution in [0.25, 0.3) is 10.1 Å². The summed E-state index contributed by atoms with van der Waals surface area (Å²) in [5.41, 5.74) is 0. The van der Waals surface area contributed by atoms with Crippen molar-refractivity contribution in [3.05, 3.63) is 35.0 Å². The number of fused-ring (bicyclic) bond motifs is 1. The van der Waals surface area contributed by atoms with E-state index in [-0.39, 0.29) is 17.8 Å². The van der Waals surface area contributed by atoms with E-state index in [1.807, 2.05) is 13.8 Å². The monoisotopic (exact) mass is 309 g/mol. The number of amides is 1. The second kappa shape index (κ2) is 6.22. The number of carbonyl (C=O) groups is 2. The number of benzene rings is 1. The molecule has 0 unspecified atom stereocenters. The zero-order valence-corrected chi connectivity index (χ0v) is 12.8. The van der Waals surface area contributed by atoms with Gasteiger partial charge in [-0.3, -0.25) is 4.79 Å². The summed E-state index contributed by atoms with van der Waals surface area (Å²) in [6.45, 7) is 5.17. The maximum absolute atomic E-state index is 13.1. The normalized spacial score (nSPS) is 12.4. The first kappa shape index (κ1) is 15.4. The summed E-state index contributed by atoms with van der Waals surface area (Å²) in [5, 5.41) is 3.32. The van der Waals surface area contributed by atoms with E-state index in [0.717, 1.165) is 4.70 Å². The van der Waals surface area contributed by atoms with E-state index in [2.05, 4.69) is 5.32 Å². The molecule has 112 valence electrons. The van der Waals surface area contributed by atoms with Gasteiger partial charge < -0.3 is 10.1 Å². The summed E-state index contributed by atoms with van der Waals surface area (Å²) in [4.78, 5) is 24.1. The standard InChI is InChI=1S/C15H16FNO3S/c1-8(2)17-14(18)9(3)20-15(19)13-7-10-6-11(16)4-5-12(10)21-13/h4-9H,1-3H3,(H,17,18)/t9-/m1/s1. The molecule has 0 aliphatic rings. The van der Waals surface area contributed by atoms with E-state index >= 15 is 0 Å². The van der Waals surface area contributed by atoms with E-state index in [9.17, 15) is 14.0 Å². The minimum atomic E-state index is -0.873. The molecule has 0 aliphatic heterocycles. The minimum Gasteiger partial charge on any atom is -0.448 e. The van der Waals surface area contributed by atoms with Gasteiger partial charge in [-0.15, -0.1) is 11.3 Å². The highest BCUT2D eigenvalue weighted by molar-refractivity contribution is 7.20. The third-order valence-corrected chi connectivity index (χ3v) is 3.86. The summed E-state index contributed by atoms with van der Waals surface area (Å²) < 4.78 is 19.0. The van der Waals surface area contributed by atoms with Crippen molar-refractivity contribution in [3.63, 3.8) is 0 Å². The molecule has 6 heteroatoms. The van der Waals surface area contributed by atoms with Crippen LogP contribution in [0.3, 0.4) is 0 Å². The van der Waals surface area contributed by atoms with Crippen LogP contribution in [0.15, 0.2) is 24.3 Å². The second-order valence-corrected chi connectivity index (χ2v) is 6.09. The van der Waals surface area contributed by atoms with Crippen LogP contribution >= 0.6 is 11.3 Å². The molecule has 1 aromatic heterocycles. The molecule has 0 saturated carbocycles. The van der Waals surface area contributed by atoms with Gasteiger partial charge in [-0.05, 0) is 50.4 Å². The molecule has 1 amide bonds. The molecule has 2 aromatic rings. The Kier molecular flexibility index (Phi) is 4.57. The molecule has 1 heterocycles. The smallest absolute Gasteiger partial charge is 0.349 e. The summed E-state index contributed by atoms with van der Waals surface area (Å²) in [5.74, 6) is -1.28. The molecule has 0 fully saturated rings. The predicted octanol–water partition coefficient (Wildman–Crippen LogP) is 3.11. The molecule has 0 radical (unpaired) electrons. The van der Waals surface area contributed by atoms with Gasteiger partial charge in [0.2, 0.25) is 0 Å². The maximum Gasteiger partial charge on any atom is 0.349 e. The second-order valence-electron chi connectivity index (χ2n) is 5.00. The average molecular weight is 309 g/mol. The van der Waals surface area contributed by atoms with Crippen LogP contribution in [0, 0.1) is 5.82 Å². The lowest BCUT2D eigenvalue weighted by atomic mass is 10.2. The highest BCUT2D eigenvalue weighted by atomic mass is 32.1. The molecule has 21 heavy (non-hydrogen) atoms. The fourth-order valence-corrected chi connectivity index (χ4v) is 2.71. The zero-order valence-electron chi connectivity index (χ0n) is 12.0. The highest BCUT2D eigenvalue weighted by Gasteiger charge is 2.20. The average Bonchev–Trinajstić information content (AvgIpc) is 2.80. The van der Waals surface area contributed by atoms with Gasteiger partial charge in [-0.25, -0.2) is 9.18 Å². The van der Waals surface area contributed by atoms with Gasteiger partial charge in [0.1, 0.15) is 10.7 Å². The first-order valence-corrected chi connectivity index (χ1v) is 7.39. The summed E-state index contributed by atoms with van der Waals surface area (Å²) in [6, 6.07) is 5.86. The van der Waals surface area contributed by atoms with Crippen molar-refractivity contribution in [2.24, 2.45) is 0 Å². The van der Waals surface area contributed by atoms with Gasteiger partial charge in [-0.1, -0.05) is 0 Å². The van der Waals surface area contributed by atoms with Crippen molar-refractivity contribution >= 4 is 33.3 Å². The fourth-order valence-electron chi connectivity index (χ4n) is 1.79. The number of thiophene rings is 1. The summed E-state index contributed by atoms with van der Waals surface area (Å²) >= 11 is 1.21. The fraction of sp³-hybridized carbons (Fsp3) is 0.333. The molecular weight excluding hydrogens is 293 g/mol. The topological polar surface area (TPSA) is 55.4 Å². The number of carbonyl (C=O) groups excluding carboxylic acids is 2. The van der Waals surface area contributed by atoms with Crippen molar-refractivity contribution in [1.29, 1.82) is 0 Å². The number of rotatable bonds is 4. The number of nitrogens with one attached hydrogen (secondary N) is 1. The lowest BCUT2D eigenvalue weighted by Crippen LogP contribution is -2.39. The molecule has 0 spiro atoms. The predicted molar refractivity (Wildman–Crippen MR) is 79.9 cm³/mol. The first-order chi connectivity index (χ1) is 9.86. The van der Waals surface area contributed by atoms with Crippen molar-refractivity contribution < 1.29 is 18.7 Å². The van der Waals surface area contributed by atoms with Crippen LogP contribution < -0.4 is 5.32 Å². The van der Waals surface area contributed by atoms with Gasteiger partial charge >= 0.3 is 5.97 Å². The van der Waals surface area contributed by atoms with Crippen LogP contribution in [0.5, 0.6) is 0 Å². The number of ether oxygens (including phenoxy) is 1. The van der Waals surface area contributed by atoms with Gasteiger partial charge in [-0.2, -0.15) is 0 Å². The number of hydrogen-bond donors (Lipinski definition) is 1. The van der Waals surface area contributed by atoms with Gasteiger partial charge in [0, 0.05) is 10.7 Å². The van der Waals surface area contributed by atoms with Crippen LogP contribution in [0.4, 0.5) is 4.39 Å². The first-order valence-electron chi connectivity index (χ1n) is 6.57. The van der Waals surface area contributed by atoms with Crippen molar-refractivity contribution in [3.8, 4) is 0 Å². The Labute approximate surface area is 125 Å². The third-order valence-electron chi connectivity index (χ3n) is 2.76. The van der Waals surface area contributed by atoms with Gasteiger partial charge in [0.25, 0.3) is 5.91 Å². The van der Waals surface area contributed by atoms with E-state index in [4.69, 9.17) is 4.74 Å². The van der Waals surface area contributed by atoms with Gasteiger partial charge in [0.15, 0.2) is 6.10 Å². The lowest BCUT2D eigenvalue weighted by molar-refractivity contribution is -0.129. The van der Waals surface area contributed by atoms with Crippen molar-refractivity contribution in [2.45, 2.75) is 32.9 Å². The summed E-state index contributed by atoms with van der Waals surface area (Å²) in [6.07, 6.45) is -0.873. The Morgan fingerprint density at radius 3 is 2.62 bits per heavy atom. The van der Waals surface area contributed by atoms with E-state index in [0.29, 0.717) is 10.3 Å². The van der Waals surface area contributed by atoms with Crippen molar-refractivity contribution in [2.75, 3.05) is 0 Å². The number of esters is 1. The SMILES string of the molecule is CC(C)NC(=O)[C@@H](C)OC(=O)c1cc2cc(F)ccc2s1.